The quantitative estimate of drug-likeness (QED) is 0.503. The largest absolute Gasteiger partial charge is 0.376 e. The lowest BCUT2D eigenvalue weighted by Gasteiger charge is -2.07. The fourth-order valence-electron chi connectivity index (χ4n) is 1.82. The molecule has 52 valence electrons. The smallest absolute Gasteiger partial charge is 0.0743 e. The lowest BCUT2D eigenvalue weighted by Crippen LogP contribution is -2.15. The fourth-order valence-corrected chi connectivity index (χ4v) is 1.82. The summed E-state index contributed by atoms with van der Waals surface area (Å²) < 4.78 is 5.53. The molecule has 2 fully saturated rings. The van der Waals surface area contributed by atoms with Gasteiger partial charge in [0.05, 0.1) is 6.10 Å². The zero-order chi connectivity index (χ0) is 6.27. The number of nitrogens with one attached hydrogen (secondary N) is 1. The molecular formula is C7H13NO. The van der Waals surface area contributed by atoms with Crippen LogP contribution in [0.2, 0.25) is 0 Å². The second kappa shape index (κ2) is 1.96. The van der Waals surface area contributed by atoms with Gasteiger partial charge in [0.1, 0.15) is 0 Å². The standard InChI is InChI=1S/C7H13NO/c1-5-4-9-7-3-8-2-6(5)7/h5-8H,2-4H2,1H3/t5-,6-,7-/m0/s1. The van der Waals surface area contributed by atoms with Crippen molar-refractivity contribution in [3.63, 3.8) is 0 Å². The molecule has 9 heavy (non-hydrogen) atoms. The van der Waals surface area contributed by atoms with Crippen LogP contribution in [-0.4, -0.2) is 25.8 Å². The van der Waals surface area contributed by atoms with Crippen LogP contribution in [0.25, 0.3) is 0 Å². The molecule has 2 aliphatic heterocycles. The molecule has 0 spiro atoms. The Balaban J connectivity index is 2.07. The van der Waals surface area contributed by atoms with Crippen molar-refractivity contribution in [3.8, 4) is 0 Å². The highest BCUT2D eigenvalue weighted by Gasteiger charge is 2.37. The van der Waals surface area contributed by atoms with E-state index in [2.05, 4.69) is 12.2 Å². The van der Waals surface area contributed by atoms with Gasteiger partial charge in [-0.05, 0) is 5.92 Å². The minimum Gasteiger partial charge on any atom is -0.376 e. The molecule has 2 aliphatic rings. The van der Waals surface area contributed by atoms with Gasteiger partial charge < -0.3 is 10.1 Å². The number of rotatable bonds is 0. The first kappa shape index (κ1) is 5.69. The van der Waals surface area contributed by atoms with Crippen molar-refractivity contribution in [1.82, 2.24) is 5.32 Å². The molecule has 2 nitrogen and oxygen atoms in total. The van der Waals surface area contributed by atoms with E-state index in [1.165, 1.54) is 6.54 Å². The van der Waals surface area contributed by atoms with Crippen molar-refractivity contribution < 1.29 is 4.74 Å². The van der Waals surface area contributed by atoms with Crippen molar-refractivity contribution in [2.75, 3.05) is 19.7 Å². The van der Waals surface area contributed by atoms with Crippen LogP contribution >= 0.6 is 0 Å². The third-order valence-electron chi connectivity index (χ3n) is 2.51. The molecule has 0 bridgehead atoms. The summed E-state index contributed by atoms with van der Waals surface area (Å²) in [5, 5.41) is 3.33. The first-order valence-corrected chi connectivity index (χ1v) is 3.70. The summed E-state index contributed by atoms with van der Waals surface area (Å²) in [6.07, 6.45) is 0.542. The number of fused-ring (bicyclic) bond motifs is 1. The molecule has 0 saturated carbocycles. The molecule has 0 aromatic rings. The first-order valence-electron chi connectivity index (χ1n) is 3.70. The maximum atomic E-state index is 5.53. The van der Waals surface area contributed by atoms with E-state index in [1.807, 2.05) is 0 Å². The molecule has 0 aliphatic carbocycles. The second-order valence-electron chi connectivity index (χ2n) is 3.17. The van der Waals surface area contributed by atoms with E-state index < -0.39 is 0 Å². The molecule has 0 radical (unpaired) electrons. The molecule has 0 amide bonds. The van der Waals surface area contributed by atoms with Crippen molar-refractivity contribution in [3.05, 3.63) is 0 Å². The third-order valence-corrected chi connectivity index (χ3v) is 2.51. The predicted octanol–water partition coefficient (Wildman–Crippen LogP) is 0.241. The SMILES string of the molecule is C[C@H]1CO[C@H]2CNC[C@H]21. The Morgan fingerprint density at radius 1 is 1.44 bits per heavy atom. The monoisotopic (exact) mass is 127 g/mol. The topological polar surface area (TPSA) is 21.3 Å². The van der Waals surface area contributed by atoms with Crippen LogP contribution < -0.4 is 5.32 Å². The molecule has 0 aromatic carbocycles. The minimum atomic E-state index is 0.542. The van der Waals surface area contributed by atoms with Crippen LogP contribution in [0.4, 0.5) is 0 Å². The highest BCUT2D eigenvalue weighted by atomic mass is 16.5. The van der Waals surface area contributed by atoms with E-state index in [4.69, 9.17) is 4.74 Å². The van der Waals surface area contributed by atoms with Crippen molar-refractivity contribution >= 4 is 0 Å². The lowest BCUT2D eigenvalue weighted by atomic mass is 9.95. The molecule has 0 unspecified atom stereocenters. The van der Waals surface area contributed by atoms with Gasteiger partial charge in [-0.25, -0.2) is 0 Å². The molecule has 2 heteroatoms. The molecular weight excluding hydrogens is 114 g/mol. The van der Waals surface area contributed by atoms with Gasteiger partial charge in [-0.3, -0.25) is 0 Å². The zero-order valence-corrected chi connectivity index (χ0v) is 5.76. The number of ether oxygens (including phenoxy) is 1. The van der Waals surface area contributed by atoms with Crippen LogP contribution in [0.15, 0.2) is 0 Å². The van der Waals surface area contributed by atoms with Crippen molar-refractivity contribution in [2.24, 2.45) is 11.8 Å². The van der Waals surface area contributed by atoms with Crippen LogP contribution in [0, 0.1) is 11.8 Å². The summed E-state index contributed by atoms with van der Waals surface area (Å²) >= 11 is 0. The molecule has 1 N–H and O–H groups in total. The normalized spacial score (nSPS) is 49.7. The van der Waals surface area contributed by atoms with Gasteiger partial charge in [-0.2, -0.15) is 0 Å². The van der Waals surface area contributed by atoms with Crippen LogP contribution in [0.5, 0.6) is 0 Å². The summed E-state index contributed by atoms with van der Waals surface area (Å²) in [5.41, 5.74) is 0. The van der Waals surface area contributed by atoms with Crippen LogP contribution in [-0.2, 0) is 4.74 Å². The molecule has 2 rings (SSSR count). The van der Waals surface area contributed by atoms with Crippen molar-refractivity contribution in [1.29, 1.82) is 0 Å². The zero-order valence-electron chi connectivity index (χ0n) is 5.76. The average molecular weight is 127 g/mol. The molecule has 2 heterocycles. The van der Waals surface area contributed by atoms with E-state index in [1.54, 1.807) is 0 Å². The van der Waals surface area contributed by atoms with E-state index in [0.717, 1.165) is 25.0 Å². The second-order valence-corrected chi connectivity index (χ2v) is 3.17. The number of hydrogen-bond donors (Lipinski definition) is 1. The van der Waals surface area contributed by atoms with E-state index >= 15 is 0 Å². The number of hydrogen-bond acceptors (Lipinski definition) is 2. The highest BCUT2D eigenvalue weighted by Crippen LogP contribution is 2.28. The Morgan fingerprint density at radius 2 is 2.33 bits per heavy atom. The average Bonchev–Trinajstić information content (AvgIpc) is 2.35. The Labute approximate surface area is 55.6 Å². The van der Waals surface area contributed by atoms with Gasteiger partial charge in [0.25, 0.3) is 0 Å². The summed E-state index contributed by atoms with van der Waals surface area (Å²) in [5.74, 6) is 1.59. The third kappa shape index (κ3) is 0.775. The Hall–Kier alpha value is -0.0800. The highest BCUT2D eigenvalue weighted by molar-refractivity contribution is 4.89. The summed E-state index contributed by atoms with van der Waals surface area (Å²) in [7, 11) is 0. The molecule has 0 aromatic heterocycles. The van der Waals surface area contributed by atoms with Gasteiger partial charge in [-0.1, -0.05) is 6.92 Å². The predicted molar refractivity (Wildman–Crippen MR) is 35.3 cm³/mol. The Morgan fingerprint density at radius 3 is 3.11 bits per heavy atom. The van der Waals surface area contributed by atoms with Gasteiger partial charge in [0.15, 0.2) is 0 Å². The van der Waals surface area contributed by atoms with E-state index in [0.29, 0.717) is 6.10 Å². The van der Waals surface area contributed by atoms with Gasteiger partial charge in [-0.15, -0.1) is 0 Å². The minimum absolute atomic E-state index is 0.542. The maximum absolute atomic E-state index is 5.53. The van der Waals surface area contributed by atoms with Gasteiger partial charge in [0.2, 0.25) is 0 Å². The van der Waals surface area contributed by atoms with E-state index in [-0.39, 0.29) is 0 Å². The van der Waals surface area contributed by atoms with Gasteiger partial charge >= 0.3 is 0 Å². The van der Waals surface area contributed by atoms with Crippen molar-refractivity contribution in [2.45, 2.75) is 13.0 Å². The summed E-state index contributed by atoms with van der Waals surface area (Å²) in [6.45, 7) is 5.51. The first-order chi connectivity index (χ1) is 4.38. The van der Waals surface area contributed by atoms with Gasteiger partial charge in [0, 0.05) is 25.6 Å². The van der Waals surface area contributed by atoms with E-state index in [9.17, 15) is 0 Å². The maximum Gasteiger partial charge on any atom is 0.0743 e. The lowest BCUT2D eigenvalue weighted by molar-refractivity contribution is 0.110. The van der Waals surface area contributed by atoms with Crippen LogP contribution in [0.3, 0.4) is 0 Å². The Kier molecular flexibility index (Phi) is 1.24. The molecule has 2 saturated heterocycles. The fraction of sp³-hybridized carbons (Fsp3) is 1.00. The molecule has 3 atom stereocenters. The van der Waals surface area contributed by atoms with Crippen LogP contribution in [0.1, 0.15) is 6.92 Å². The summed E-state index contributed by atoms with van der Waals surface area (Å²) in [6, 6.07) is 0. The Bertz CT molecular complexity index is 115. The summed E-state index contributed by atoms with van der Waals surface area (Å²) in [4.78, 5) is 0.